The van der Waals surface area contributed by atoms with E-state index >= 15 is 0 Å². The highest BCUT2D eigenvalue weighted by molar-refractivity contribution is 5.95. The molecule has 1 aromatic carbocycles. The van der Waals surface area contributed by atoms with Gasteiger partial charge in [-0.15, -0.1) is 0 Å². The van der Waals surface area contributed by atoms with Crippen LogP contribution in [0.3, 0.4) is 0 Å². The van der Waals surface area contributed by atoms with Crippen molar-refractivity contribution in [3.63, 3.8) is 0 Å². The Morgan fingerprint density at radius 3 is 2.06 bits per heavy atom. The van der Waals surface area contributed by atoms with Crippen LogP contribution in [0.1, 0.15) is 26.3 Å². The molecular formula is C13H21N3. The molecule has 1 atom stereocenters. The SMILES string of the molecule is CC(C)C(C)N(C)c1ccc(C(=N)N)cc1. The molecule has 0 aliphatic rings. The third kappa shape index (κ3) is 2.75. The van der Waals surface area contributed by atoms with E-state index in [2.05, 4.69) is 32.7 Å². The Kier molecular flexibility index (Phi) is 3.93. The summed E-state index contributed by atoms with van der Waals surface area (Å²) in [5, 5.41) is 7.33. The topological polar surface area (TPSA) is 53.1 Å². The lowest BCUT2D eigenvalue weighted by Gasteiger charge is -2.30. The zero-order chi connectivity index (χ0) is 12.3. The largest absolute Gasteiger partial charge is 0.384 e. The van der Waals surface area contributed by atoms with Crippen LogP contribution >= 0.6 is 0 Å². The summed E-state index contributed by atoms with van der Waals surface area (Å²) in [5.41, 5.74) is 7.35. The predicted molar refractivity (Wildman–Crippen MR) is 70.2 cm³/mol. The van der Waals surface area contributed by atoms with Gasteiger partial charge >= 0.3 is 0 Å². The van der Waals surface area contributed by atoms with Gasteiger partial charge in [-0.1, -0.05) is 13.8 Å². The summed E-state index contributed by atoms with van der Waals surface area (Å²) in [5.74, 6) is 0.726. The molecule has 0 saturated carbocycles. The zero-order valence-electron chi connectivity index (χ0n) is 10.5. The van der Waals surface area contributed by atoms with E-state index in [1.807, 2.05) is 24.3 Å². The second kappa shape index (κ2) is 5.01. The van der Waals surface area contributed by atoms with Crippen molar-refractivity contribution >= 4 is 11.5 Å². The van der Waals surface area contributed by atoms with Gasteiger partial charge in [0.1, 0.15) is 5.84 Å². The summed E-state index contributed by atoms with van der Waals surface area (Å²) in [6.07, 6.45) is 0. The number of nitrogen functional groups attached to an aromatic ring is 1. The highest BCUT2D eigenvalue weighted by atomic mass is 15.1. The summed E-state index contributed by atoms with van der Waals surface area (Å²) in [6.45, 7) is 6.64. The molecule has 0 amide bonds. The van der Waals surface area contributed by atoms with Crippen molar-refractivity contribution in [2.75, 3.05) is 11.9 Å². The fourth-order valence-electron chi connectivity index (χ4n) is 1.56. The van der Waals surface area contributed by atoms with Crippen LogP contribution in [0.15, 0.2) is 24.3 Å². The predicted octanol–water partition coefficient (Wildman–Crippen LogP) is 2.45. The van der Waals surface area contributed by atoms with Gasteiger partial charge in [-0.2, -0.15) is 0 Å². The van der Waals surface area contributed by atoms with Gasteiger partial charge in [-0.05, 0) is 37.1 Å². The summed E-state index contributed by atoms with van der Waals surface area (Å²) < 4.78 is 0. The van der Waals surface area contributed by atoms with Crippen LogP contribution in [0.5, 0.6) is 0 Å². The number of rotatable bonds is 4. The van der Waals surface area contributed by atoms with Gasteiger partial charge in [0.15, 0.2) is 0 Å². The lowest BCUT2D eigenvalue weighted by Crippen LogP contribution is -2.33. The maximum Gasteiger partial charge on any atom is 0.122 e. The first kappa shape index (κ1) is 12.6. The smallest absolute Gasteiger partial charge is 0.122 e. The number of nitrogens with two attached hydrogens (primary N) is 1. The molecule has 3 N–H and O–H groups in total. The van der Waals surface area contributed by atoms with Gasteiger partial charge in [0, 0.05) is 24.3 Å². The highest BCUT2D eigenvalue weighted by Crippen LogP contribution is 2.19. The number of anilines is 1. The third-order valence-corrected chi connectivity index (χ3v) is 3.16. The first-order valence-corrected chi connectivity index (χ1v) is 5.60. The molecule has 0 fully saturated rings. The first-order valence-electron chi connectivity index (χ1n) is 5.60. The van der Waals surface area contributed by atoms with E-state index in [4.69, 9.17) is 11.1 Å². The number of benzene rings is 1. The zero-order valence-corrected chi connectivity index (χ0v) is 10.5. The number of amidine groups is 1. The minimum atomic E-state index is 0.117. The Morgan fingerprint density at radius 2 is 1.69 bits per heavy atom. The van der Waals surface area contributed by atoms with E-state index in [1.54, 1.807) is 0 Å². The molecule has 1 unspecified atom stereocenters. The van der Waals surface area contributed by atoms with Crippen LogP contribution < -0.4 is 10.6 Å². The molecule has 1 aromatic rings. The Morgan fingerprint density at radius 1 is 1.19 bits per heavy atom. The van der Waals surface area contributed by atoms with Gasteiger partial charge < -0.3 is 10.6 Å². The molecule has 0 aromatic heterocycles. The molecule has 0 aliphatic heterocycles. The summed E-state index contributed by atoms with van der Waals surface area (Å²) in [4.78, 5) is 2.24. The van der Waals surface area contributed by atoms with Crippen molar-refractivity contribution in [1.29, 1.82) is 5.41 Å². The van der Waals surface area contributed by atoms with Crippen molar-refractivity contribution in [3.8, 4) is 0 Å². The van der Waals surface area contributed by atoms with E-state index in [9.17, 15) is 0 Å². The Balaban J connectivity index is 2.85. The summed E-state index contributed by atoms with van der Waals surface area (Å²) in [6, 6.07) is 8.29. The molecule has 3 nitrogen and oxygen atoms in total. The summed E-state index contributed by atoms with van der Waals surface area (Å²) in [7, 11) is 2.09. The van der Waals surface area contributed by atoms with Crippen LogP contribution in [-0.2, 0) is 0 Å². The average Bonchev–Trinajstić information content (AvgIpc) is 2.27. The lowest BCUT2D eigenvalue weighted by atomic mass is 10.0. The van der Waals surface area contributed by atoms with Crippen LogP contribution in [0.4, 0.5) is 5.69 Å². The Hall–Kier alpha value is -1.51. The Labute approximate surface area is 97.8 Å². The second-order valence-electron chi connectivity index (χ2n) is 4.56. The van der Waals surface area contributed by atoms with E-state index in [0.717, 1.165) is 11.3 Å². The normalized spacial score (nSPS) is 12.6. The van der Waals surface area contributed by atoms with E-state index in [0.29, 0.717) is 12.0 Å². The molecular weight excluding hydrogens is 198 g/mol. The lowest BCUT2D eigenvalue weighted by molar-refractivity contribution is 0.505. The van der Waals surface area contributed by atoms with Crippen LogP contribution in [-0.4, -0.2) is 18.9 Å². The maximum atomic E-state index is 7.33. The monoisotopic (exact) mass is 219 g/mol. The molecule has 0 radical (unpaired) electrons. The number of hydrogen-bond donors (Lipinski definition) is 2. The number of nitrogens with zero attached hydrogens (tertiary/aromatic N) is 1. The minimum absolute atomic E-state index is 0.117. The van der Waals surface area contributed by atoms with E-state index in [-0.39, 0.29) is 5.84 Å². The van der Waals surface area contributed by atoms with Crippen LogP contribution in [0.2, 0.25) is 0 Å². The molecule has 88 valence electrons. The molecule has 0 spiro atoms. The fraction of sp³-hybridized carbons (Fsp3) is 0.462. The van der Waals surface area contributed by atoms with E-state index in [1.165, 1.54) is 0 Å². The number of nitrogens with one attached hydrogen (secondary N) is 1. The van der Waals surface area contributed by atoms with Gasteiger partial charge in [0.2, 0.25) is 0 Å². The molecule has 0 aliphatic carbocycles. The quantitative estimate of drug-likeness (QED) is 0.603. The molecule has 1 rings (SSSR count). The van der Waals surface area contributed by atoms with Crippen LogP contribution in [0, 0.1) is 11.3 Å². The highest BCUT2D eigenvalue weighted by Gasteiger charge is 2.13. The summed E-state index contributed by atoms with van der Waals surface area (Å²) >= 11 is 0. The van der Waals surface area contributed by atoms with Crippen molar-refractivity contribution < 1.29 is 0 Å². The van der Waals surface area contributed by atoms with Crippen LogP contribution in [0.25, 0.3) is 0 Å². The fourth-order valence-corrected chi connectivity index (χ4v) is 1.56. The molecule has 0 bridgehead atoms. The third-order valence-electron chi connectivity index (χ3n) is 3.16. The van der Waals surface area contributed by atoms with Crippen molar-refractivity contribution in [2.45, 2.75) is 26.8 Å². The van der Waals surface area contributed by atoms with Crippen molar-refractivity contribution in [2.24, 2.45) is 11.7 Å². The first-order chi connectivity index (χ1) is 7.43. The minimum Gasteiger partial charge on any atom is -0.384 e. The molecule has 16 heavy (non-hydrogen) atoms. The van der Waals surface area contributed by atoms with E-state index < -0.39 is 0 Å². The second-order valence-corrected chi connectivity index (χ2v) is 4.56. The van der Waals surface area contributed by atoms with Gasteiger partial charge in [0.25, 0.3) is 0 Å². The molecule has 3 heteroatoms. The van der Waals surface area contributed by atoms with Gasteiger partial charge in [-0.25, -0.2) is 0 Å². The van der Waals surface area contributed by atoms with Gasteiger partial charge in [0.05, 0.1) is 0 Å². The Bertz CT molecular complexity index is 354. The maximum absolute atomic E-state index is 7.33. The van der Waals surface area contributed by atoms with Gasteiger partial charge in [-0.3, -0.25) is 5.41 Å². The standard InChI is InChI=1S/C13H21N3/c1-9(2)10(3)16(4)12-7-5-11(6-8-12)13(14)15/h5-10H,1-4H3,(H3,14,15). The van der Waals surface area contributed by atoms with Crippen molar-refractivity contribution in [1.82, 2.24) is 0 Å². The molecule has 0 saturated heterocycles. The number of hydrogen-bond acceptors (Lipinski definition) is 2. The van der Waals surface area contributed by atoms with Crippen molar-refractivity contribution in [3.05, 3.63) is 29.8 Å². The molecule has 0 heterocycles. The average molecular weight is 219 g/mol.